The van der Waals surface area contributed by atoms with E-state index in [0.29, 0.717) is 21.7 Å². The van der Waals surface area contributed by atoms with Crippen LogP contribution in [0.2, 0.25) is 10.2 Å². The minimum atomic E-state index is 0.393. The van der Waals surface area contributed by atoms with Crippen molar-refractivity contribution < 1.29 is 0 Å². The molecule has 2 heterocycles. The molecule has 5 heteroatoms. The number of hydrogen-bond acceptors (Lipinski definition) is 2. The molecule has 0 saturated heterocycles. The number of benzene rings is 1. The quantitative estimate of drug-likeness (QED) is 0.676. The Kier molecular flexibility index (Phi) is 2.50. The first-order valence-corrected chi connectivity index (χ1v) is 5.77. The van der Waals surface area contributed by atoms with Crippen LogP contribution in [0.4, 0.5) is 0 Å². The maximum atomic E-state index is 6.08. The van der Waals surface area contributed by atoms with Crippen LogP contribution in [0, 0.1) is 0 Å². The van der Waals surface area contributed by atoms with E-state index >= 15 is 0 Å². The molecule has 84 valence electrons. The fourth-order valence-corrected chi connectivity index (χ4v) is 1.99. The average Bonchev–Trinajstić information content (AvgIpc) is 2.75. The Hall–Kier alpha value is -1.58. The highest BCUT2D eigenvalue weighted by atomic mass is 35.5. The number of pyridine rings is 1. The van der Waals surface area contributed by atoms with Gasteiger partial charge in [-0.3, -0.25) is 0 Å². The van der Waals surface area contributed by atoms with Crippen LogP contribution in [0.1, 0.15) is 0 Å². The summed E-state index contributed by atoms with van der Waals surface area (Å²) in [5, 5.41) is 0.915. The van der Waals surface area contributed by atoms with E-state index in [-0.39, 0.29) is 0 Å². The molecule has 2 aromatic heterocycles. The van der Waals surface area contributed by atoms with Crippen molar-refractivity contribution in [1.29, 1.82) is 0 Å². The molecule has 0 amide bonds. The van der Waals surface area contributed by atoms with Crippen molar-refractivity contribution in [3.8, 4) is 11.5 Å². The van der Waals surface area contributed by atoms with Gasteiger partial charge in [-0.15, -0.1) is 0 Å². The number of nitrogens with one attached hydrogen (secondary N) is 1. The molecule has 0 bridgehead atoms. The SMILES string of the molecule is Clc1ccc(Cl)c(-c2nc3ccccc3[nH]2)n1. The normalized spacial score (nSPS) is 10.9. The number of aromatic amines is 1. The third-order valence-corrected chi connectivity index (χ3v) is 2.94. The van der Waals surface area contributed by atoms with Crippen molar-refractivity contribution in [1.82, 2.24) is 15.0 Å². The number of para-hydroxylation sites is 2. The topological polar surface area (TPSA) is 41.6 Å². The Bertz CT molecular complexity index is 658. The highest BCUT2D eigenvalue weighted by molar-refractivity contribution is 6.34. The molecule has 0 aliphatic heterocycles. The fraction of sp³-hybridized carbons (Fsp3) is 0. The summed E-state index contributed by atoms with van der Waals surface area (Å²) >= 11 is 11.9. The minimum Gasteiger partial charge on any atom is -0.337 e. The summed E-state index contributed by atoms with van der Waals surface area (Å²) in [6, 6.07) is 11.1. The van der Waals surface area contributed by atoms with Gasteiger partial charge in [0.1, 0.15) is 10.8 Å². The molecule has 1 N–H and O–H groups in total. The second-order valence-electron chi connectivity index (χ2n) is 3.57. The van der Waals surface area contributed by atoms with Crippen LogP contribution in [-0.4, -0.2) is 15.0 Å². The lowest BCUT2D eigenvalue weighted by molar-refractivity contribution is 1.24. The third kappa shape index (κ3) is 1.88. The second-order valence-corrected chi connectivity index (χ2v) is 4.36. The van der Waals surface area contributed by atoms with Gasteiger partial charge in [0.05, 0.1) is 16.1 Å². The number of fused-ring (bicyclic) bond motifs is 1. The maximum absolute atomic E-state index is 6.08. The van der Waals surface area contributed by atoms with Crippen molar-refractivity contribution >= 4 is 34.2 Å². The molecule has 0 atom stereocenters. The molecule has 1 aromatic carbocycles. The van der Waals surface area contributed by atoms with Crippen molar-refractivity contribution in [2.45, 2.75) is 0 Å². The van der Waals surface area contributed by atoms with Crippen molar-refractivity contribution in [2.24, 2.45) is 0 Å². The summed E-state index contributed by atoms with van der Waals surface area (Å²) in [7, 11) is 0. The Morgan fingerprint density at radius 3 is 2.59 bits per heavy atom. The van der Waals surface area contributed by atoms with Gasteiger partial charge in [0.15, 0.2) is 5.82 Å². The van der Waals surface area contributed by atoms with E-state index < -0.39 is 0 Å². The zero-order chi connectivity index (χ0) is 11.8. The molecule has 0 radical (unpaired) electrons. The Morgan fingerprint density at radius 1 is 0.941 bits per heavy atom. The van der Waals surface area contributed by atoms with Gasteiger partial charge in [-0.2, -0.15) is 0 Å². The van der Waals surface area contributed by atoms with Crippen LogP contribution in [0.3, 0.4) is 0 Å². The Labute approximate surface area is 107 Å². The van der Waals surface area contributed by atoms with E-state index in [1.807, 2.05) is 24.3 Å². The molecule has 0 saturated carbocycles. The first-order valence-electron chi connectivity index (χ1n) is 5.01. The molecule has 17 heavy (non-hydrogen) atoms. The standard InChI is InChI=1S/C12H7Cl2N3/c13-7-5-6-10(14)17-11(7)12-15-8-3-1-2-4-9(8)16-12/h1-6H,(H,15,16). The predicted molar refractivity (Wildman–Crippen MR) is 69.3 cm³/mol. The summed E-state index contributed by atoms with van der Waals surface area (Å²) in [6.07, 6.45) is 0. The zero-order valence-electron chi connectivity index (χ0n) is 8.61. The van der Waals surface area contributed by atoms with Crippen molar-refractivity contribution in [3.05, 3.63) is 46.6 Å². The molecular formula is C12H7Cl2N3. The second kappa shape index (κ2) is 4.02. The first-order chi connectivity index (χ1) is 8.24. The van der Waals surface area contributed by atoms with Crippen LogP contribution < -0.4 is 0 Å². The van der Waals surface area contributed by atoms with Crippen molar-refractivity contribution in [2.75, 3.05) is 0 Å². The van der Waals surface area contributed by atoms with Crippen LogP contribution in [0.5, 0.6) is 0 Å². The monoisotopic (exact) mass is 263 g/mol. The van der Waals surface area contributed by atoms with Crippen LogP contribution in [0.25, 0.3) is 22.6 Å². The first kappa shape index (κ1) is 10.6. The number of H-pyrrole nitrogens is 1. The minimum absolute atomic E-state index is 0.393. The van der Waals surface area contributed by atoms with E-state index in [0.717, 1.165) is 11.0 Å². The van der Waals surface area contributed by atoms with Crippen LogP contribution in [-0.2, 0) is 0 Å². The Balaban J connectivity index is 2.23. The smallest absolute Gasteiger partial charge is 0.158 e. The van der Waals surface area contributed by atoms with Crippen LogP contribution >= 0.6 is 23.2 Å². The lowest BCUT2D eigenvalue weighted by Gasteiger charge is -1.99. The molecule has 0 fully saturated rings. The number of halogens is 2. The number of imidazole rings is 1. The highest BCUT2D eigenvalue weighted by Crippen LogP contribution is 2.26. The van der Waals surface area contributed by atoms with E-state index in [9.17, 15) is 0 Å². The van der Waals surface area contributed by atoms with Gasteiger partial charge in [-0.25, -0.2) is 9.97 Å². The number of nitrogens with zero attached hydrogens (tertiary/aromatic N) is 2. The lowest BCUT2D eigenvalue weighted by atomic mass is 10.3. The molecule has 0 spiro atoms. The summed E-state index contributed by atoms with van der Waals surface area (Å²) in [5.74, 6) is 0.624. The lowest BCUT2D eigenvalue weighted by Crippen LogP contribution is -1.87. The van der Waals surface area contributed by atoms with Gasteiger partial charge in [0.2, 0.25) is 0 Å². The molecule has 3 rings (SSSR count). The number of rotatable bonds is 1. The van der Waals surface area contributed by atoms with E-state index in [1.165, 1.54) is 0 Å². The molecule has 3 aromatic rings. The number of aromatic nitrogens is 3. The van der Waals surface area contributed by atoms with Gasteiger partial charge in [-0.1, -0.05) is 35.3 Å². The van der Waals surface area contributed by atoms with Gasteiger partial charge < -0.3 is 4.98 Å². The van der Waals surface area contributed by atoms with Crippen molar-refractivity contribution in [3.63, 3.8) is 0 Å². The summed E-state index contributed by atoms with van der Waals surface area (Å²) in [4.78, 5) is 11.8. The molecule has 0 aliphatic rings. The van der Waals surface area contributed by atoms with Crippen LogP contribution in [0.15, 0.2) is 36.4 Å². The summed E-state index contributed by atoms with van der Waals surface area (Å²) < 4.78 is 0. The van der Waals surface area contributed by atoms with Gasteiger partial charge in [-0.05, 0) is 24.3 Å². The highest BCUT2D eigenvalue weighted by Gasteiger charge is 2.10. The maximum Gasteiger partial charge on any atom is 0.158 e. The number of hydrogen-bond donors (Lipinski definition) is 1. The molecule has 3 nitrogen and oxygen atoms in total. The Morgan fingerprint density at radius 2 is 1.76 bits per heavy atom. The van der Waals surface area contributed by atoms with E-state index in [1.54, 1.807) is 12.1 Å². The van der Waals surface area contributed by atoms with Gasteiger partial charge in [0, 0.05) is 0 Å². The van der Waals surface area contributed by atoms with Gasteiger partial charge in [0.25, 0.3) is 0 Å². The molecular weight excluding hydrogens is 257 g/mol. The zero-order valence-corrected chi connectivity index (χ0v) is 10.1. The molecule has 0 unspecified atom stereocenters. The predicted octanol–water partition coefficient (Wildman–Crippen LogP) is 3.93. The fourth-order valence-electron chi connectivity index (χ4n) is 1.65. The van der Waals surface area contributed by atoms with E-state index in [2.05, 4.69) is 15.0 Å². The summed E-state index contributed by atoms with van der Waals surface area (Å²) in [5.41, 5.74) is 2.39. The third-order valence-electron chi connectivity index (χ3n) is 2.43. The largest absolute Gasteiger partial charge is 0.337 e. The van der Waals surface area contributed by atoms with Gasteiger partial charge >= 0.3 is 0 Å². The van der Waals surface area contributed by atoms with E-state index in [4.69, 9.17) is 23.2 Å². The molecule has 0 aliphatic carbocycles. The summed E-state index contributed by atoms with van der Waals surface area (Å²) in [6.45, 7) is 0. The average molecular weight is 264 g/mol.